The van der Waals surface area contributed by atoms with Gasteiger partial charge in [0.1, 0.15) is 6.04 Å². The van der Waals surface area contributed by atoms with E-state index in [0.29, 0.717) is 12.8 Å². The van der Waals surface area contributed by atoms with Crippen molar-refractivity contribution in [3.05, 3.63) is 35.9 Å². The maximum Gasteiger partial charge on any atom is 0.325 e. The van der Waals surface area contributed by atoms with Gasteiger partial charge in [-0.3, -0.25) is 9.59 Å². The van der Waals surface area contributed by atoms with Crippen molar-refractivity contribution in [2.75, 3.05) is 18.8 Å². The van der Waals surface area contributed by atoms with Crippen LogP contribution in [-0.4, -0.2) is 54.6 Å². The van der Waals surface area contributed by atoms with Crippen LogP contribution < -0.4 is 5.32 Å². The lowest BCUT2D eigenvalue weighted by Gasteiger charge is -2.40. The van der Waals surface area contributed by atoms with Crippen LogP contribution in [0.25, 0.3) is 0 Å². The number of nitrogens with one attached hydrogen (secondary N) is 1. The van der Waals surface area contributed by atoms with Crippen LogP contribution in [0.2, 0.25) is 0 Å². The monoisotopic (exact) mass is 368 g/mol. The van der Waals surface area contributed by atoms with Gasteiger partial charge in [0.05, 0.1) is 11.2 Å². The Morgan fingerprint density at radius 1 is 1.24 bits per heavy atom. The molecule has 1 amide bonds. The zero-order valence-corrected chi connectivity index (χ0v) is 15.3. The molecule has 2 rings (SSSR count). The van der Waals surface area contributed by atoms with Gasteiger partial charge < -0.3 is 10.4 Å². The maximum atomic E-state index is 12.9. The average molecular weight is 368 g/mol. The molecule has 7 nitrogen and oxygen atoms in total. The van der Waals surface area contributed by atoms with Gasteiger partial charge in [-0.05, 0) is 32.3 Å². The van der Waals surface area contributed by atoms with E-state index >= 15 is 0 Å². The van der Waals surface area contributed by atoms with Gasteiger partial charge in [-0.25, -0.2) is 12.7 Å². The number of hydrogen-bond acceptors (Lipinski definition) is 4. The van der Waals surface area contributed by atoms with Gasteiger partial charge in [0.25, 0.3) is 0 Å². The Morgan fingerprint density at radius 2 is 1.80 bits per heavy atom. The molecule has 0 aromatic heterocycles. The maximum absolute atomic E-state index is 12.9. The van der Waals surface area contributed by atoms with Gasteiger partial charge in [0.2, 0.25) is 15.9 Å². The van der Waals surface area contributed by atoms with E-state index in [9.17, 15) is 18.0 Å². The molecule has 1 aliphatic rings. The molecule has 0 saturated carbocycles. The van der Waals surface area contributed by atoms with Crippen molar-refractivity contribution in [1.82, 2.24) is 9.62 Å². The summed E-state index contributed by atoms with van der Waals surface area (Å²) in [5.41, 5.74) is -0.149. The number of carbonyl (C=O) groups is 2. The van der Waals surface area contributed by atoms with Gasteiger partial charge in [-0.1, -0.05) is 30.3 Å². The highest BCUT2D eigenvalue weighted by atomic mass is 32.2. The lowest BCUT2D eigenvalue weighted by atomic mass is 9.72. The second-order valence-electron chi connectivity index (χ2n) is 6.28. The molecular weight excluding hydrogens is 344 g/mol. The second-order valence-corrected chi connectivity index (χ2v) is 8.54. The van der Waals surface area contributed by atoms with Crippen molar-refractivity contribution in [2.24, 2.45) is 0 Å². The number of benzene rings is 1. The molecule has 0 bridgehead atoms. The molecular formula is C17H24N2O5S. The summed E-state index contributed by atoms with van der Waals surface area (Å²) in [4.78, 5) is 24.0. The normalized spacial score (nSPS) is 19.1. The summed E-state index contributed by atoms with van der Waals surface area (Å²) in [6.45, 7) is 3.48. The molecule has 0 spiro atoms. The number of amides is 1. The van der Waals surface area contributed by atoms with Gasteiger partial charge in [-0.2, -0.15) is 0 Å². The Kier molecular flexibility index (Phi) is 5.84. The molecule has 25 heavy (non-hydrogen) atoms. The largest absolute Gasteiger partial charge is 0.480 e. The summed E-state index contributed by atoms with van der Waals surface area (Å²) in [5, 5.41) is 11.6. The minimum Gasteiger partial charge on any atom is -0.480 e. The van der Waals surface area contributed by atoms with E-state index in [1.54, 1.807) is 6.92 Å². The molecule has 2 N–H and O–H groups in total. The number of nitrogens with zero attached hydrogens (tertiary/aromatic N) is 1. The van der Waals surface area contributed by atoms with E-state index < -0.39 is 27.4 Å². The van der Waals surface area contributed by atoms with Crippen LogP contribution in [0.3, 0.4) is 0 Å². The van der Waals surface area contributed by atoms with Crippen LogP contribution in [0.5, 0.6) is 0 Å². The lowest BCUT2D eigenvalue weighted by Crippen LogP contribution is -2.55. The summed E-state index contributed by atoms with van der Waals surface area (Å²) in [5.74, 6) is -1.46. The SMILES string of the molecule is CCS(=O)(=O)N1CCC(C(=O)NC(C)C(=O)O)(c2ccccc2)CC1. The van der Waals surface area contributed by atoms with E-state index in [1.165, 1.54) is 11.2 Å². The molecule has 1 aromatic carbocycles. The third-order valence-corrected chi connectivity index (χ3v) is 6.69. The zero-order valence-electron chi connectivity index (χ0n) is 14.4. The summed E-state index contributed by atoms with van der Waals surface area (Å²) in [6, 6.07) is 8.13. The van der Waals surface area contributed by atoms with Crippen LogP contribution >= 0.6 is 0 Å². The second kappa shape index (κ2) is 7.53. The van der Waals surface area contributed by atoms with Gasteiger partial charge in [0, 0.05) is 13.1 Å². The fourth-order valence-electron chi connectivity index (χ4n) is 3.13. The minimum atomic E-state index is -3.31. The molecule has 1 atom stereocenters. The van der Waals surface area contributed by atoms with E-state index in [0.717, 1.165) is 5.56 Å². The number of aliphatic carboxylic acids is 1. The summed E-state index contributed by atoms with van der Waals surface area (Å²) >= 11 is 0. The zero-order chi connectivity index (χ0) is 18.7. The van der Waals surface area contributed by atoms with Crippen molar-refractivity contribution < 1.29 is 23.1 Å². The van der Waals surface area contributed by atoms with E-state index in [1.807, 2.05) is 30.3 Å². The predicted octanol–water partition coefficient (Wildman–Crippen LogP) is 0.959. The van der Waals surface area contributed by atoms with Gasteiger partial charge in [0.15, 0.2) is 0 Å². The molecule has 1 aliphatic heterocycles. The summed E-state index contributed by atoms with van der Waals surface area (Å²) in [6.07, 6.45) is 0.628. The summed E-state index contributed by atoms with van der Waals surface area (Å²) < 4.78 is 25.6. The third-order valence-electron chi connectivity index (χ3n) is 4.81. The molecule has 0 aliphatic carbocycles. The average Bonchev–Trinajstić information content (AvgIpc) is 2.62. The topological polar surface area (TPSA) is 104 Å². The number of rotatable bonds is 6. The number of carboxylic acid groups (broad SMARTS) is 1. The summed E-state index contributed by atoms with van der Waals surface area (Å²) in [7, 11) is -3.31. The van der Waals surface area contributed by atoms with Crippen molar-refractivity contribution in [3.63, 3.8) is 0 Å². The van der Waals surface area contributed by atoms with Gasteiger partial charge >= 0.3 is 5.97 Å². The van der Waals surface area contributed by atoms with Crippen LogP contribution in [0.1, 0.15) is 32.3 Å². The fraction of sp³-hybridized carbons (Fsp3) is 0.529. The highest BCUT2D eigenvalue weighted by molar-refractivity contribution is 7.89. The van der Waals surface area contributed by atoms with Crippen molar-refractivity contribution in [1.29, 1.82) is 0 Å². The van der Waals surface area contributed by atoms with E-state index in [2.05, 4.69) is 5.32 Å². The van der Waals surface area contributed by atoms with Gasteiger partial charge in [-0.15, -0.1) is 0 Å². The molecule has 1 fully saturated rings. The van der Waals surface area contributed by atoms with Crippen LogP contribution in [0, 0.1) is 0 Å². The Bertz CT molecular complexity index is 725. The fourth-order valence-corrected chi connectivity index (χ4v) is 4.23. The third kappa shape index (κ3) is 4.01. The predicted molar refractivity (Wildman–Crippen MR) is 93.6 cm³/mol. The first-order chi connectivity index (χ1) is 11.7. The number of carbonyl (C=O) groups excluding carboxylic acids is 1. The molecule has 0 radical (unpaired) electrons. The molecule has 1 heterocycles. The molecule has 1 saturated heterocycles. The Labute approximate surface area is 148 Å². The number of piperidine rings is 1. The Morgan fingerprint density at radius 3 is 2.28 bits per heavy atom. The van der Waals surface area contributed by atoms with Crippen LogP contribution in [-0.2, 0) is 25.0 Å². The lowest BCUT2D eigenvalue weighted by molar-refractivity contribution is -0.142. The number of hydrogen-bond donors (Lipinski definition) is 2. The molecule has 1 aromatic rings. The smallest absolute Gasteiger partial charge is 0.325 e. The van der Waals surface area contributed by atoms with Crippen LogP contribution in [0.4, 0.5) is 0 Å². The Balaban J connectivity index is 2.31. The minimum absolute atomic E-state index is 0.0214. The van der Waals surface area contributed by atoms with Crippen molar-refractivity contribution >= 4 is 21.9 Å². The van der Waals surface area contributed by atoms with Crippen molar-refractivity contribution in [3.8, 4) is 0 Å². The quantitative estimate of drug-likeness (QED) is 0.778. The number of sulfonamides is 1. The van der Waals surface area contributed by atoms with Crippen LogP contribution in [0.15, 0.2) is 30.3 Å². The highest BCUT2D eigenvalue weighted by Gasteiger charge is 2.45. The molecule has 1 unspecified atom stereocenters. The first-order valence-electron chi connectivity index (χ1n) is 8.30. The highest BCUT2D eigenvalue weighted by Crippen LogP contribution is 2.36. The van der Waals surface area contributed by atoms with Crippen molar-refractivity contribution in [2.45, 2.75) is 38.1 Å². The molecule has 138 valence electrons. The first kappa shape index (κ1) is 19.4. The van der Waals surface area contributed by atoms with E-state index in [-0.39, 0.29) is 24.7 Å². The Hall–Kier alpha value is -1.93. The first-order valence-corrected chi connectivity index (χ1v) is 9.91. The number of carboxylic acids is 1. The molecule has 8 heteroatoms. The van der Waals surface area contributed by atoms with E-state index in [4.69, 9.17) is 5.11 Å². The standard InChI is InChI=1S/C17H24N2O5S/c1-3-25(23,24)19-11-9-17(10-12-19,14-7-5-4-6-8-14)16(22)18-13(2)15(20)21/h4-8,13H,3,9-12H2,1-2H3,(H,18,22)(H,20,21).